The van der Waals surface area contributed by atoms with Crippen LogP contribution in [-0.2, 0) is 0 Å². The largest absolute Gasteiger partial charge is 0.370 e. The molecule has 2 unspecified atom stereocenters. The van der Waals surface area contributed by atoms with Crippen molar-refractivity contribution in [1.29, 1.82) is 0 Å². The van der Waals surface area contributed by atoms with Gasteiger partial charge >= 0.3 is 0 Å². The van der Waals surface area contributed by atoms with E-state index in [1.165, 1.54) is 0 Å². The maximum absolute atomic E-state index is 5.62. The summed E-state index contributed by atoms with van der Waals surface area (Å²) < 4.78 is 0. The van der Waals surface area contributed by atoms with Crippen LogP contribution < -0.4 is 16.8 Å². The van der Waals surface area contributed by atoms with Gasteiger partial charge in [0, 0.05) is 17.7 Å². The van der Waals surface area contributed by atoms with Gasteiger partial charge in [0.25, 0.3) is 0 Å². The Morgan fingerprint density at radius 2 is 2.33 bits per heavy atom. The maximum atomic E-state index is 5.62. The lowest BCUT2D eigenvalue weighted by atomic mass is 10.4. The molecule has 0 aromatic carbocycles. The fraction of sp³-hybridized carbons (Fsp3) is 0.800. The van der Waals surface area contributed by atoms with Crippen LogP contribution in [0.2, 0.25) is 0 Å². The van der Waals surface area contributed by atoms with E-state index in [4.69, 9.17) is 23.1 Å². The van der Waals surface area contributed by atoms with Crippen LogP contribution >= 0.6 is 35.8 Å². The molecule has 72 valence electrons. The van der Waals surface area contributed by atoms with Gasteiger partial charge in [0.05, 0.1) is 0 Å². The van der Waals surface area contributed by atoms with Crippen molar-refractivity contribution < 1.29 is 0 Å². The summed E-state index contributed by atoms with van der Waals surface area (Å²) in [7, 11) is 0. The molecule has 4 nitrogen and oxygen atoms in total. The molecule has 1 saturated heterocycles. The first kappa shape index (κ1) is 12.2. The van der Waals surface area contributed by atoms with Gasteiger partial charge in [-0.15, -0.1) is 35.8 Å². The first-order chi connectivity index (χ1) is 5.22. The maximum Gasteiger partial charge on any atom is 0.188 e. The third-order valence-electron chi connectivity index (χ3n) is 1.29. The number of aliphatic imine (C=N–C) groups is 1. The Balaban J connectivity index is 0.00000121. The lowest BCUT2D eigenvalue weighted by Gasteiger charge is -2.05. The van der Waals surface area contributed by atoms with E-state index in [-0.39, 0.29) is 23.9 Å². The normalized spacial score (nSPS) is 27.8. The average Bonchev–Trinajstić information content (AvgIpc) is 2.34. The molecule has 1 rings (SSSR count). The van der Waals surface area contributed by atoms with E-state index in [2.05, 4.69) is 10.3 Å². The Morgan fingerprint density at radius 1 is 1.67 bits per heavy atom. The van der Waals surface area contributed by atoms with Gasteiger partial charge in [0.15, 0.2) is 11.5 Å². The summed E-state index contributed by atoms with van der Waals surface area (Å²) in [6, 6.07) is 0.328. The van der Waals surface area contributed by atoms with Gasteiger partial charge in [-0.1, -0.05) is 0 Å². The van der Waals surface area contributed by atoms with Crippen LogP contribution in [0.3, 0.4) is 0 Å². The van der Waals surface area contributed by atoms with Crippen LogP contribution in [0.4, 0.5) is 0 Å². The molecule has 0 aromatic heterocycles. The highest BCUT2D eigenvalue weighted by atomic mass is 35.5. The van der Waals surface area contributed by atoms with Crippen molar-refractivity contribution in [2.24, 2.45) is 16.5 Å². The Morgan fingerprint density at radius 3 is 2.75 bits per heavy atom. The van der Waals surface area contributed by atoms with Crippen molar-refractivity contribution >= 4 is 41.7 Å². The van der Waals surface area contributed by atoms with Crippen molar-refractivity contribution in [1.82, 2.24) is 5.32 Å². The first-order valence-corrected chi connectivity index (χ1v) is 4.83. The molecule has 12 heavy (non-hydrogen) atoms. The van der Waals surface area contributed by atoms with Crippen LogP contribution in [0.25, 0.3) is 0 Å². The highest BCUT2D eigenvalue weighted by Gasteiger charge is 2.22. The first-order valence-electron chi connectivity index (χ1n) is 3.24. The summed E-state index contributed by atoms with van der Waals surface area (Å²) in [6.45, 7) is 0. The van der Waals surface area contributed by atoms with Crippen molar-refractivity contribution in [2.45, 2.75) is 11.5 Å². The van der Waals surface area contributed by atoms with E-state index in [1.54, 1.807) is 11.8 Å². The van der Waals surface area contributed by atoms with Crippen LogP contribution in [0.5, 0.6) is 0 Å². The molecule has 1 aliphatic heterocycles. The molecule has 0 radical (unpaired) electrons. The second-order valence-electron chi connectivity index (χ2n) is 2.26. The number of alkyl halides is 1. The minimum Gasteiger partial charge on any atom is -0.370 e. The average molecular weight is 231 g/mol. The summed E-state index contributed by atoms with van der Waals surface area (Å²) in [5.41, 5.74) is 10.4. The zero-order valence-electron chi connectivity index (χ0n) is 6.37. The molecular weight excluding hydrogens is 219 g/mol. The quantitative estimate of drug-likeness (QED) is 0.352. The highest BCUT2D eigenvalue weighted by Crippen LogP contribution is 2.19. The summed E-state index contributed by atoms with van der Waals surface area (Å²) in [4.78, 5) is 3.94. The number of halogens is 2. The molecule has 0 bridgehead atoms. The number of hydrogen-bond donors (Lipinski definition) is 3. The van der Waals surface area contributed by atoms with E-state index < -0.39 is 0 Å². The molecule has 5 N–H and O–H groups in total. The summed E-state index contributed by atoms with van der Waals surface area (Å²) in [6.07, 6.45) is 0. The highest BCUT2D eigenvalue weighted by molar-refractivity contribution is 8.00. The minimum absolute atomic E-state index is 0. The van der Waals surface area contributed by atoms with Gasteiger partial charge in [-0.2, -0.15) is 0 Å². The van der Waals surface area contributed by atoms with Crippen molar-refractivity contribution in [3.63, 3.8) is 0 Å². The standard InChI is InChI=1S/C5H11ClN4S.ClH/c6-1-3-2-11-5(9-3)10-4(7)8;/h3,5,9H,1-2H2,(H4,7,8,10);1H. The molecule has 0 saturated carbocycles. The van der Waals surface area contributed by atoms with Crippen LogP contribution in [0.1, 0.15) is 0 Å². The van der Waals surface area contributed by atoms with Crippen molar-refractivity contribution in [3.05, 3.63) is 0 Å². The van der Waals surface area contributed by atoms with Gasteiger partial charge in [-0.25, -0.2) is 4.99 Å². The Hall–Kier alpha value is 0.160. The molecular formula is C5H12Cl2N4S. The number of rotatable bonds is 2. The fourth-order valence-electron chi connectivity index (χ4n) is 0.804. The number of nitrogens with one attached hydrogen (secondary N) is 1. The third kappa shape index (κ3) is 3.71. The van der Waals surface area contributed by atoms with Gasteiger partial charge < -0.3 is 11.5 Å². The van der Waals surface area contributed by atoms with E-state index in [1.807, 2.05) is 0 Å². The topological polar surface area (TPSA) is 76.4 Å². The van der Waals surface area contributed by atoms with E-state index >= 15 is 0 Å². The zero-order valence-corrected chi connectivity index (χ0v) is 8.75. The molecule has 1 fully saturated rings. The second-order valence-corrected chi connectivity index (χ2v) is 3.68. The van der Waals surface area contributed by atoms with Gasteiger partial charge in [0.1, 0.15) is 0 Å². The lowest BCUT2D eigenvalue weighted by molar-refractivity contribution is 0.618. The van der Waals surface area contributed by atoms with Crippen LogP contribution in [0, 0.1) is 0 Å². The predicted molar refractivity (Wildman–Crippen MR) is 56.9 cm³/mol. The summed E-state index contributed by atoms with van der Waals surface area (Å²) >= 11 is 7.28. The predicted octanol–water partition coefficient (Wildman–Crippen LogP) is -0.0910. The molecule has 0 aliphatic carbocycles. The SMILES string of the molecule is Cl.NC(N)=NC1NC(CCl)CS1. The van der Waals surface area contributed by atoms with E-state index in [0.717, 1.165) is 5.75 Å². The van der Waals surface area contributed by atoms with Crippen molar-refractivity contribution in [3.8, 4) is 0 Å². The number of hydrogen-bond acceptors (Lipinski definition) is 3. The second kappa shape index (κ2) is 5.75. The monoisotopic (exact) mass is 230 g/mol. The van der Waals surface area contributed by atoms with Gasteiger partial charge in [0.2, 0.25) is 0 Å². The third-order valence-corrected chi connectivity index (χ3v) is 2.81. The lowest BCUT2D eigenvalue weighted by Crippen LogP contribution is -2.33. The van der Waals surface area contributed by atoms with Gasteiger partial charge in [-0.05, 0) is 0 Å². The zero-order chi connectivity index (χ0) is 8.27. The van der Waals surface area contributed by atoms with Crippen LogP contribution in [-0.4, -0.2) is 29.1 Å². The Kier molecular flexibility index (Phi) is 5.82. The van der Waals surface area contributed by atoms with Gasteiger partial charge in [-0.3, -0.25) is 5.32 Å². The smallest absolute Gasteiger partial charge is 0.188 e. The fourth-order valence-corrected chi connectivity index (χ4v) is 2.25. The van der Waals surface area contributed by atoms with Crippen molar-refractivity contribution in [2.75, 3.05) is 11.6 Å². The number of nitrogens with two attached hydrogens (primary N) is 2. The molecule has 0 aromatic rings. The molecule has 2 atom stereocenters. The minimum atomic E-state index is -0.0104. The number of thioether (sulfide) groups is 1. The molecule has 0 amide bonds. The number of nitrogens with zero attached hydrogens (tertiary/aromatic N) is 1. The molecule has 7 heteroatoms. The molecule has 1 aliphatic rings. The Labute approximate surface area is 86.9 Å². The van der Waals surface area contributed by atoms with E-state index in [0.29, 0.717) is 11.9 Å². The van der Waals surface area contributed by atoms with Crippen LogP contribution in [0.15, 0.2) is 4.99 Å². The molecule has 1 heterocycles. The summed E-state index contributed by atoms with van der Waals surface area (Å²) in [5, 5.41) is 3.16. The number of guanidine groups is 1. The summed E-state index contributed by atoms with van der Waals surface area (Å²) in [5.74, 6) is 1.68. The Bertz CT molecular complexity index is 162. The molecule has 0 spiro atoms. The van der Waals surface area contributed by atoms with E-state index in [9.17, 15) is 0 Å².